The lowest BCUT2D eigenvalue weighted by Crippen LogP contribution is -2.20. The summed E-state index contributed by atoms with van der Waals surface area (Å²) < 4.78 is 35.8. The molecule has 0 unspecified atom stereocenters. The molecule has 0 radical (unpaired) electrons. The van der Waals surface area contributed by atoms with Gasteiger partial charge in [-0.05, 0) is 20.8 Å². The summed E-state index contributed by atoms with van der Waals surface area (Å²) in [4.78, 5) is 21.2. The van der Waals surface area contributed by atoms with Gasteiger partial charge >= 0.3 is 19.8 Å². The molecule has 0 aromatic heterocycles. The number of phosphoric acid groups is 1. The molecule has 0 aliphatic heterocycles. The van der Waals surface area contributed by atoms with Gasteiger partial charge in [-0.2, -0.15) is 0 Å². The van der Waals surface area contributed by atoms with Crippen molar-refractivity contribution in [3.8, 4) is 0 Å². The number of ether oxygens (including phenoxy) is 2. The Kier molecular flexibility index (Phi) is 7.21. The minimum absolute atomic E-state index is 0.594. The molecule has 0 aromatic rings. The molecule has 0 amide bonds. The lowest BCUT2D eigenvalue weighted by molar-refractivity contribution is -0.151. The zero-order valence-electron chi connectivity index (χ0n) is 11.6. The summed E-state index contributed by atoms with van der Waals surface area (Å²) in [7, 11) is -4.01. The third-order valence-corrected chi connectivity index (χ3v) is 2.95. The van der Waals surface area contributed by atoms with Gasteiger partial charge in [-0.15, -0.1) is 0 Å². The molecular weight excluding hydrogens is 279 g/mol. The van der Waals surface area contributed by atoms with Crippen molar-refractivity contribution in [1.82, 2.24) is 0 Å². The van der Waals surface area contributed by atoms with Crippen molar-refractivity contribution in [3.63, 3.8) is 0 Å². The number of hydrogen-bond acceptors (Lipinski definition) is 8. The maximum atomic E-state index is 12.1. The lowest BCUT2D eigenvalue weighted by Gasteiger charge is -2.25. The van der Waals surface area contributed by atoms with E-state index in [4.69, 9.17) is 13.6 Å². The van der Waals surface area contributed by atoms with Crippen LogP contribution in [0.1, 0.15) is 34.6 Å². The Morgan fingerprint density at radius 2 is 1.32 bits per heavy atom. The number of carbonyl (C=O) groups is 2. The van der Waals surface area contributed by atoms with E-state index < -0.39 is 38.9 Å². The van der Waals surface area contributed by atoms with Gasteiger partial charge in [-0.3, -0.25) is 14.1 Å². The molecular formula is C10H19O8P. The van der Waals surface area contributed by atoms with E-state index in [2.05, 4.69) is 9.47 Å². The summed E-state index contributed by atoms with van der Waals surface area (Å²) in [6, 6.07) is 0. The van der Waals surface area contributed by atoms with Crippen molar-refractivity contribution < 1.29 is 37.2 Å². The molecule has 112 valence electrons. The van der Waals surface area contributed by atoms with Gasteiger partial charge in [-0.1, -0.05) is 0 Å². The minimum atomic E-state index is -4.01. The molecule has 0 bridgehead atoms. The zero-order valence-corrected chi connectivity index (χ0v) is 12.5. The third kappa shape index (κ3) is 10.6. The molecule has 0 heterocycles. The van der Waals surface area contributed by atoms with Crippen LogP contribution in [0.5, 0.6) is 0 Å². The van der Waals surface area contributed by atoms with Crippen molar-refractivity contribution in [2.45, 2.75) is 40.2 Å². The van der Waals surface area contributed by atoms with E-state index in [1.807, 2.05) is 0 Å². The summed E-state index contributed by atoms with van der Waals surface area (Å²) in [6.07, 6.45) is 0. The molecule has 0 atom stereocenters. The monoisotopic (exact) mass is 298 g/mol. The van der Waals surface area contributed by atoms with E-state index in [-0.39, 0.29) is 0 Å². The molecule has 0 aliphatic rings. The second-order valence-electron chi connectivity index (χ2n) is 4.42. The second kappa shape index (κ2) is 7.59. The average Bonchev–Trinajstić information content (AvgIpc) is 2.12. The van der Waals surface area contributed by atoms with Crippen molar-refractivity contribution in [2.75, 3.05) is 13.6 Å². The Morgan fingerprint density at radius 3 is 1.58 bits per heavy atom. The van der Waals surface area contributed by atoms with E-state index in [1.54, 1.807) is 20.8 Å². The van der Waals surface area contributed by atoms with Crippen LogP contribution in [0, 0.1) is 0 Å². The van der Waals surface area contributed by atoms with Gasteiger partial charge in [0, 0.05) is 13.8 Å². The van der Waals surface area contributed by atoms with Crippen molar-refractivity contribution in [3.05, 3.63) is 0 Å². The molecule has 0 rings (SSSR count). The maximum Gasteiger partial charge on any atom is 0.481 e. The van der Waals surface area contributed by atoms with E-state index in [0.29, 0.717) is 0 Å². The van der Waals surface area contributed by atoms with Gasteiger partial charge in [-0.25, -0.2) is 13.6 Å². The lowest BCUT2D eigenvalue weighted by atomic mass is 10.2. The second-order valence-corrected chi connectivity index (χ2v) is 6.01. The highest BCUT2D eigenvalue weighted by Crippen LogP contribution is 2.52. The van der Waals surface area contributed by atoms with Crippen LogP contribution in [0.2, 0.25) is 0 Å². The van der Waals surface area contributed by atoms with E-state index in [9.17, 15) is 14.2 Å². The number of carbonyl (C=O) groups excluding carboxylic acids is 2. The normalized spacial score (nSPS) is 12.1. The molecule has 0 N–H and O–H groups in total. The average molecular weight is 298 g/mol. The van der Waals surface area contributed by atoms with Crippen LogP contribution in [0.15, 0.2) is 0 Å². The van der Waals surface area contributed by atoms with Gasteiger partial charge in [0.2, 0.25) is 13.6 Å². The number of rotatable bonds is 7. The highest BCUT2D eigenvalue weighted by Gasteiger charge is 2.33. The van der Waals surface area contributed by atoms with Crippen LogP contribution in [-0.2, 0) is 37.2 Å². The molecule has 0 saturated carbocycles. The van der Waals surface area contributed by atoms with Gasteiger partial charge in [0.25, 0.3) is 0 Å². The van der Waals surface area contributed by atoms with Crippen LogP contribution in [0.25, 0.3) is 0 Å². The molecule has 0 spiro atoms. The summed E-state index contributed by atoms with van der Waals surface area (Å²) in [6.45, 7) is 6.03. The first kappa shape index (κ1) is 18.0. The van der Waals surface area contributed by atoms with Crippen LogP contribution < -0.4 is 0 Å². The molecule has 9 heteroatoms. The fraction of sp³-hybridized carbons (Fsp3) is 0.800. The molecule has 0 aliphatic carbocycles. The van der Waals surface area contributed by atoms with Crippen LogP contribution in [-0.4, -0.2) is 31.1 Å². The summed E-state index contributed by atoms with van der Waals surface area (Å²) in [5.41, 5.74) is -0.831. The quantitative estimate of drug-likeness (QED) is 0.400. The number of hydrogen-bond donors (Lipinski definition) is 0. The standard InChI is InChI=1S/C10H19O8P/c1-8(11)14-6-16-19(13,18-10(3,4)5)17-7-15-9(2)12/h6-7H2,1-5H3. The van der Waals surface area contributed by atoms with Crippen LogP contribution in [0.4, 0.5) is 0 Å². The summed E-state index contributed by atoms with van der Waals surface area (Å²) >= 11 is 0. The largest absolute Gasteiger partial charge is 0.481 e. The Bertz CT molecular complexity index is 335. The van der Waals surface area contributed by atoms with Crippen LogP contribution >= 0.6 is 7.82 Å². The Labute approximate surface area is 111 Å². The van der Waals surface area contributed by atoms with Crippen LogP contribution in [0.3, 0.4) is 0 Å². The zero-order chi connectivity index (χ0) is 15.1. The van der Waals surface area contributed by atoms with Crippen molar-refractivity contribution >= 4 is 19.8 Å². The van der Waals surface area contributed by atoms with Gasteiger partial charge in [0.05, 0.1) is 5.60 Å². The minimum Gasteiger partial charge on any atom is -0.438 e. The van der Waals surface area contributed by atoms with Crippen molar-refractivity contribution in [1.29, 1.82) is 0 Å². The Hall–Kier alpha value is -0.950. The first-order valence-electron chi connectivity index (χ1n) is 5.41. The first-order valence-corrected chi connectivity index (χ1v) is 6.87. The smallest absolute Gasteiger partial charge is 0.438 e. The van der Waals surface area contributed by atoms with Gasteiger partial charge < -0.3 is 9.47 Å². The maximum absolute atomic E-state index is 12.1. The number of esters is 2. The topological polar surface area (TPSA) is 97.4 Å². The Balaban J connectivity index is 4.48. The predicted octanol–water partition coefficient (Wildman–Crippen LogP) is 1.98. The predicted molar refractivity (Wildman–Crippen MR) is 63.9 cm³/mol. The number of phosphoric ester groups is 1. The summed E-state index contributed by atoms with van der Waals surface area (Å²) in [5.74, 6) is -1.22. The third-order valence-electron chi connectivity index (χ3n) is 1.33. The van der Waals surface area contributed by atoms with E-state index in [1.165, 1.54) is 13.8 Å². The van der Waals surface area contributed by atoms with E-state index >= 15 is 0 Å². The molecule has 0 aromatic carbocycles. The summed E-state index contributed by atoms with van der Waals surface area (Å²) in [5, 5.41) is 0. The highest BCUT2D eigenvalue weighted by molar-refractivity contribution is 7.48. The molecule has 0 fully saturated rings. The fourth-order valence-electron chi connectivity index (χ4n) is 0.773. The molecule has 19 heavy (non-hydrogen) atoms. The highest BCUT2D eigenvalue weighted by atomic mass is 31.2. The Morgan fingerprint density at radius 1 is 0.947 bits per heavy atom. The fourth-order valence-corrected chi connectivity index (χ4v) is 1.99. The SMILES string of the molecule is CC(=O)OCOP(=O)(OCOC(C)=O)OC(C)(C)C. The molecule has 0 saturated heterocycles. The van der Waals surface area contributed by atoms with Gasteiger partial charge in [0.1, 0.15) is 0 Å². The van der Waals surface area contributed by atoms with Crippen molar-refractivity contribution in [2.24, 2.45) is 0 Å². The molecule has 8 nitrogen and oxygen atoms in total. The van der Waals surface area contributed by atoms with Gasteiger partial charge in [0.15, 0.2) is 0 Å². The van der Waals surface area contributed by atoms with E-state index in [0.717, 1.165) is 0 Å². The first-order chi connectivity index (χ1) is 8.54.